The summed E-state index contributed by atoms with van der Waals surface area (Å²) in [7, 11) is 0. The third kappa shape index (κ3) is 1.35. The number of carbonyl (C=O) groups excluding carboxylic acids is 1. The normalized spacial score (nSPS) is 10.4. The van der Waals surface area contributed by atoms with E-state index < -0.39 is 5.97 Å². The zero-order valence-electron chi connectivity index (χ0n) is 7.80. The number of esters is 1. The highest BCUT2D eigenvalue weighted by Gasteiger charge is 2.11. The van der Waals surface area contributed by atoms with Crippen molar-refractivity contribution in [1.82, 2.24) is 9.38 Å². The van der Waals surface area contributed by atoms with Gasteiger partial charge in [-0.3, -0.25) is 4.40 Å². The topological polar surface area (TPSA) is 43.6 Å². The van der Waals surface area contributed by atoms with Crippen LogP contribution in [0.4, 0.5) is 0 Å². The molecule has 0 amide bonds. The molecule has 2 rings (SSSR count). The van der Waals surface area contributed by atoms with Crippen molar-refractivity contribution in [3.05, 3.63) is 36.4 Å². The number of hydrogen-bond donors (Lipinski definition) is 0. The van der Waals surface area contributed by atoms with Crippen molar-refractivity contribution < 1.29 is 9.53 Å². The minimum absolute atomic E-state index is 0.314. The molecule has 0 atom stereocenters. The van der Waals surface area contributed by atoms with Gasteiger partial charge in [-0.15, -0.1) is 0 Å². The van der Waals surface area contributed by atoms with Crippen LogP contribution < -0.4 is 0 Å². The van der Waals surface area contributed by atoms with Crippen LogP contribution in [0.25, 0.3) is 5.52 Å². The van der Waals surface area contributed by atoms with Gasteiger partial charge in [0.05, 0.1) is 6.61 Å². The Morgan fingerprint density at radius 3 is 3.21 bits per heavy atom. The van der Waals surface area contributed by atoms with Crippen LogP contribution in [0.15, 0.2) is 30.6 Å². The third-order valence-corrected chi connectivity index (χ3v) is 1.91. The van der Waals surface area contributed by atoms with Gasteiger partial charge < -0.3 is 4.74 Å². The lowest BCUT2D eigenvalue weighted by molar-refractivity contribution is 0.0510. The summed E-state index contributed by atoms with van der Waals surface area (Å²) in [6.07, 6.45) is 3.39. The van der Waals surface area contributed by atoms with Crippen molar-refractivity contribution >= 4 is 11.5 Å². The van der Waals surface area contributed by atoms with Crippen LogP contribution in [0.3, 0.4) is 0 Å². The maximum atomic E-state index is 11.5. The van der Waals surface area contributed by atoms with Crippen molar-refractivity contribution in [2.45, 2.75) is 6.92 Å². The maximum absolute atomic E-state index is 11.5. The summed E-state index contributed by atoms with van der Waals surface area (Å²) in [5, 5.41) is 0. The van der Waals surface area contributed by atoms with Crippen LogP contribution >= 0.6 is 0 Å². The van der Waals surface area contributed by atoms with Gasteiger partial charge in [0.1, 0.15) is 0 Å². The van der Waals surface area contributed by atoms with Crippen LogP contribution in [-0.4, -0.2) is 22.0 Å². The van der Waals surface area contributed by atoms with E-state index in [4.69, 9.17) is 4.74 Å². The fourth-order valence-electron chi connectivity index (χ4n) is 1.32. The molecular formula is C10H10N2O2. The minimum atomic E-state index is -0.394. The number of fused-ring (bicyclic) bond motifs is 1. The fraction of sp³-hybridized carbons (Fsp3) is 0.200. The molecule has 4 heteroatoms. The lowest BCUT2D eigenvalue weighted by Gasteiger charge is -2.03. The molecule has 0 bridgehead atoms. The van der Waals surface area contributed by atoms with E-state index in [9.17, 15) is 4.79 Å². The smallest absolute Gasteiger partial charge is 0.374 e. The molecule has 0 aromatic carbocycles. The highest BCUT2D eigenvalue weighted by Crippen LogP contribution is 2.06. The van der Waals surface area contributed by atoms with Gasteiger partial charge in [0.2, 0.25) is 5.82 Å². The third-order valence-electron chi connectivity index (χ3n) is 1.91. The predicted molar refractivity (Wildman–Crippen MR) is 51.1 cm³/mol. The van der Waals surface area contributed by atoms with Gasteiger partial charge in [0, 0.05) is 17.9 Å². The summed E-state index contributed by atoms with van der Waals surface area (Å²) in [6.45, 7) is 2.13. The molecule has 0 N–H and O–H groups in total. The minimum Gasteiger partial charge on any atom is -0.460 e. The first kappa shape index (κ1) is 8.74. The van der Waals surface area contributed by atoms with Gasteiger partial charge in [-0.05, 0) is 25.1 Å². The molecule has 0 saturated carbocycles. The van der Waals surface area contributed by atoms with Crippen molar-refractivity contribution in [3.63, 3.8) is 0 Å². The summed E-state index contributed by atoms with van der Waals surface area (Å²) in [6, 6.07) is 5.60. The number of ether oxygens (including phenoxy) is 1. The first-order valence-corrected chi connectivity index (χ1v) is 4.42. The van der Waals surface area contributed by atoms with Gasteiger partial charge in [-0.2, -0.15) is 0 Å². The number of rotatable bonds is 2. The first-order chi connectivity index (χ1) is 6.83. The Labute approximate surface area is 81.1 Å². The van der Waals surface area contributed by atoms with E-state index in [-0.39, 0.29) is 0 Å². The Morgan fingerprint density at radius 1 is 1.57 bits per heavy atom. The van der Waals surface area contributed by atoms with E-state index in [2.05, 4.69) is 4.98 Å². The van der Waals surface area contributed by atoms with Gasteiger partial charge in [-0.25, -0.2) is 9.78 Å². The largest absolute Gasteiger partial charge is 0.460 e. The van der Waals surface area contributed by atoms with Crippen molar-refractivity contribution in [3.8, 4) is 0 Å². The van der Waals surface area contributed by atoms with Crippen LogP contribution in [0.1, 0.15) is 17.5 Å². The molecule has 72 valence electrons. The maximum Gasteiger partial charge on any atom is 0.374 e. The number of carbonyl (C=O) groups is 1. The van der Waals surface area contributed by atoms with Crippen LogP contribution in [-0.2, 0) is 4.74 Å². The second-order valence-corrected chi connectivity index (χ2v) is 2.79. The van der Waals surface area contributed by atoms with E-state index in [1.807, 2.05) is 18.2 Å². The molecule has 2 aromatic heterocycles. The monoisotopic (exact) mass is 190 g/mol. The van der Waals surface area contributed by atoms with Gasteiger partial charge >= 0.3 is 5.97 Å². The second-order valence-electron chi connectivity index (χ2n) is 2.79. The molecule has 2 heterocycles. The van der Waals surface area contributed by atoms with Crippen LogP contribution in [0.2, 0.25) is 0 Å². The molecule has 2 aromatic rings. The van der Waals surface area contributed by atoms with E-state index in [0.717, 1.165) is 5.52 Å². The SMILES string of the molecule is CCOC(=O)c1nccc2cccn12. The molecule has 0 aliphatic rings. The Kier molecular flexibility index (Phi) is 2.18. The van der Waals surface area contributed by atoms with E-state index in [0.29, 0.717) is 12.4 Å². The molecule has 0 aliphatic heterocycles. The van der Waals surface area contributed by atoms with E-state index in [1.165, 1.54) is 0 Å². The van der Waals surface area contributed by atoms with Gasteiger partial charge in [-0.1, -0.05) is 0 Å². The zero-order chi connectivity index (χ0) is 9.97. The Balaban J connectivity index is 2.50. The molecule has 4 nitrogen and oxygen atoms in total. The first-order valence-electron chi connectivity index (χ1n) is 4.42. The number of hydrogen-bond acceptors (Lipinski definition) is 3. The van der Waals surface area contributed by atoms with Gasteiger partial charge in [0.25, 0.3) is 0 Å². The van der Waals surface area contributed by atoms with Crippen LogP contribution in [0, 0.1) is 0 Å². The average molecular weight is 190 g/mol. The standard InChI is InChI=1S/C10H10N2O2/c1-2-14-10(13)9-11-6-5-8-4-3-7-12(8)9/h3-7H,2H2,1H3. The lowest BCUT2D eigenvalue weighted by atomic mass is 10.4. The number of nitrogens with zero attached hydrogens (tertiary/aromatic N) is 2. The van der Waals surface area contributed by atoms with Crippen molar-refractivity contribution in [1.29, 1.82) is 0 Å². The Bertz CT molecular complexity index is 462. The summed E-state index contributed by atoms with van der Waals surface area (Å²) < 4.78 is 6.59. The molecule has 0 fully saturated rings. The Hall–Kier alpha value is -1.84. The quantitative estimate of drug-likeness (QED) is 0.674. The molecular weight excluding hydrogens is 180 g/mol. The highest BCUT2D eigenvalue weighted by atomic mass is 16.5. The number of aromatic nitrogens is 2. The predicted octanol–water partition coefficient (Wildman–Crippen LogP) is 1.51. The summed E-state index contributed by atoms with van der Waals surface area (Å²) in [4.78, 5) is 15.4. The second kappa shape index (κ2) is 3.49. The summed E-state index contributed by atoms with van der Waals surface area (Å²) in [5.74, 6) is -0.0800. The molecule has 0 unspecified atom stereocenters. The summed E-state index contributed by atoms with van der Waals surface area (Å²) in [5.41, 5.74) is 0.933. The average Bonchev–Trinajstić information content (AvgIpc) is 2.65. The van der Waals surface area contributed by atoms with E-state index >= 15 is 0 Å². The molecule has 0 radical (unpaired) electrons. The molecule has 14 heavy (non-hydrogen) atoms. The van der Waals surface area contributed by atoms with Crippen LogP contribution in [0.5, 0.6) is 0 Å². The highest BCUT2D eigenvalue weighted by molar-refractivity contribution is 5.86. The van der Waals surface area contributed by atoms with Crippen molar-refractivity contribution in [2.24, 2.45) is 0 Å². The molecule has 0 aliphatic carbocycles. The molecule has 0 spiro atoms. The van der Waals surface area contributed by atoms with Gasteiger partial charge in [0.15, 0.2) is 0 Å². The zero-order valence-corrected chi connectivity index (χ0v) is 7.80. The summed E-state index contributed by atoms with van der Waals surface area (Å²) >= 11 is 0. The van der Waals surface area contributed by atoms with Crippen molar-refractivity contribution in [2.75, 3.05) is 6.61 Å². The lowest BCUT2D eigenvalue weighted by Crippen LogP contribution is -2.11. The van der Waals surface area contributed by atoms with E-state index in [1.54, 1.807) is 23.7 Å². The Morgan fingerprint density at radius 2 is 2.43 bits per heavy atom. The molecule has 0 saturated heterocycles. The fourth-order valence-corrected chi connectivity index (χ4v) is 1.32.